The van der Waals surface area contributed by atoms with Gasteiger partial charge in [-0.2, -0.15) is 0 Å². The van der Waals surface area contributed by atoms with Gasteiger partial charge in [0.25, 0.3) is 5.69 Å². The molecule has 0 saturated heterocycles. The van der Waals surface area contributed by atoms with E-state index < -0.39 is 0 Å². The molecule has 1 unspecified atom stereocenters. The molecular formula is C26H32N2O3. The van der Waals surface area contributed by atoms with Crippen molar-refractivity contribution < 1.29 is 9.72 Å². The summed E-state index contributed by atoms with van der Waals surface area (Å²) < 4.78 is 0. The van der Waals surface area contributed by atoms with E-state index in [9.17, 15) is 14.9 Å². The number of fused-ring (bicyclic) bond motifs is 5. The molecule has 1 amide bonds. The fourth-order valence-electron chi connectivity index (χ4n) is 7.72. The van der Waals surface area contributed by atoms with E-state index in [4.69, 9.17) is 0 Å². The number of amides is 1. The predicted octanol–water partition coefficient (Wildman–Crippen LogP) is 5.62. The summed E-state index contributed by atoms with van der Waals surface area (Å²) in [7, 11) is 1.97. The van der Waals surface area contributed by atoms with Crippen molar-refractivity contribution in [1.29, 1.82) is 0 Å². The van der Waals surface area contributed by atoms with Gasteiger partial charge in [-0.3, -0.25) is 14.9 Å². The van der Waals surface area contributed by atoms with E-state index in [0.717, 1.165) is 18.4 Å². The van der Waals surface area contributed by atoms with Crippen molar-refractivity contribution in [1.82, 2.24) is 4.90 Å². The van der Waals surface area contributed by atoms with Crippen LogP contribution in [0.2, 0.25) is 0 Å². The number of likely N-dealkylation sites (N-methyl/N-ethyl adjacent to an activating group) is 1. The van der Waals surface area contributed by atoms with E-state index in [1.54, 1.807) is 18.2 Å². The van der Waals surface area contributed by atoms with Gasteiger partial charge in [0.1, 0.15) is 0 Å². The Balaban J connectivity index is 1.43. The van der Waals surface area contributed by atoms with Crippen LogP contribution in [-0.2, 0) is 4.79 Å². The fourth-order valence-corrected chi connectivity index (χ4v) is 7.72. The van der Waals surface area contributed by atoms with E-state index >= 15 is 0 Å². The van der Waals surface area contributed by atoms with Crippen molar-refractivity contribution >= 4 is 17.7 Å². The van der Waals surface area contributed by atoms with Gasteiger partial charge in [-0.1, -0.05) is 31.6 Å². The maximum Gasteiger partial charge on any atom is 0.269 e. The van der Waals surface area contributed by atoms with Gasteiger partial charge in [-0.15, -0.1) is 0 Å². The number of rotatable bonds is 2. The lowest BCUT2D eigenvalue weighted by molar-refractivity contribution is -0.384. The molecule has 0 bridgehead atoms. The Morgan fingerprint density at radius 1 is 1.10 bits per heavy atom. The van der Waals surface area contributed by atoms with Gasteiger partial charge in [0.15, 0.2) is 0 Å². The predicted molar refractivity (Wildman–Crippen MR) is 121 cm³/mol. The number of nitro groups is 1. The Bertz CT molecular complexity index is 981. The summed E-state index contributed by atoms with van der Waals surface area (Å²) in [6, 6.07) is 7.28. The summed E-state index contributed by atoms with van der Waals surface area (Å²) in [5.41, 5.74) is 3.02. The molecule has 1 heterocycles. The molecule has 1 aromatic carbocycles. The van der Waals surface area contributed by atoms with Crippen molar-refractivity contribution in [2.45, 2.75) is 58.4 Å². The Kier molecular flexibility index (Phi) is 4.65. The first-order chi connectivity index (χ1) is 14.7. The van der Waals surface area contributed by atoms with E-state index in [2.05, 4.69) is 26.0 Å². The van der Waals surface area contributed by atoms with Crippen LogP contribution in [0.15, 0.2) is 42.0 Å². The third-order valence-corrected chi connectivity index (χ3v) is 9.42. The monoisotopic (exact) mass is 420 g/mol. The second kappa shape index (κ2) is 7.04. The molecule has 5 rings (SSSR count). The van der Waals surface area contributed by atoms with Gasteiger partial charge in [0.05, 0.1) is 4.92 Å². The van der Waals surface area contributed by atoms with Gasteiger partial charge < -0.3 is 4.90 Å². The molecule has 5 heteroatoms. The molecule has 31 heavy (non-hydrogen) atoms. The lowest BCUT2D eigenvalue weighted by Gasteiger charge is -2.59. The lowest BCUT2D eigenvalue weighted by atomic mass is 9.48. The zero-order chi connectivity index (χ0) is 22.0. The van der Waals surface area contributed by atoms with E-state index in [1.165, 1.54) is 31.3 Å². The Morgan fingerprint density at radius 3 is 2.55 bits per heavy atom. The minimum absolute atomic E-state index is 0.0811. The number of carbonyl (C=O) groups is 1. The SMILES string of the molecule is CN1C(=O)C=C[C@@]2(C)C1CC[C@@H]1[C@H]2CC[C@]2(C)C(=Cc3ccc([N+](=O)[O-])cc3)CC[C@@H]12. The van der Waals surface area contributed by atoms with Crippen LogP contribution >= 0.6 is 0 Å². The smallest absolute Gasteiger partial charge is 0.269 e. The molecule has 3 saturated carbocycles. The van der Waals surface area contributed by atoms with Crippen LogP contribution in [0.1, 0.15) is 57.9 Å². The summed E-state index contributed by atoms with van der Waals surface area (Å²) in [5, 5.41) is 11.0. The Labute approximate surface area is 184 Å². The maximum atomic E-state index is 12.3. The molecule has 3 fully saturated rings. The summed E-state index contributed by atoms with van der Waals surface area (Å²) in [4.78, 5) is 24.9. The van der Waals surface area contributed by atoms with Crippen molar-refractivity contribution in [3.05, 3.63) is 57.7 Å². The minimum atomic E-state index is -0.341. The number of carbonyl (C=O) groups excluding carboxylic acids is 1. The number of hydrogen-bond acceptors (Lipinski definition) is 3. The normalized spacial score (nSPS) is 40.4. The van der Waals surface area contributed by atoms with Crippen LogP contribution in [0.4, 0.5) is 5.69 Å². The standard InChI is InChI=1S/C26H32N2O3/c1-25-14-12-22-20(9-11-23-26(22,2)15-13-24(29)27(23)3)21(25)10-6-18(25)16-17-4-7-19(8-5-17)28(30)31/h4-5,7-8,13,15-16,20-23H,6,9-12,14H2,1-3H3/t20-,21-,22+,23?,25+,26+/m0/s1. The second-order valence-electron chi connectivity index (χ2n) is 10.6. The molecule has 164 valence electrons. The number of nitro benzene ring substituents is 1. The quantitative estimate of drug-likeness (QED) is 0.461. The number of hydrogen-bond donors (Lipinski definition) is 0. The van der Waals surface area contributed by atoms with Crippen LogP contribution in [0, 0.1) is 38.7 Å². The first kappa shape index (κ1) is 20.5. The van der Waals surface area contributed by atoms with Gasteiger partial charge in [-0.25, -0.2) is 0 Å². The van der Waals surface area contributed by atoms with E-state index in [-0.39, 0.29) is 27.3 Å². The van der Waals surface area contributed by atoms with Crippen LogP contribution in [0.3, 0.4) is 0 Å². The van der Waals surface area contributed by atoms with Crippen molar-refractivity contribution in [3.8, 4) is 0 Å². The first-order valence-corrected chi connectivity index (χ1v) is 11.7. The fraction of sp³-hybridized carbons (Fsp3) is 0.577. The third-order valence-electron chi connectivity index (χ3n) is 9.42. The van der Waals surface area contributed by atoms with Crippen LogP contribution in [-0.4, -0.2) is 28.8 Å². The van der Waals surface area contributed by atoms with E-state index in [1.807, 2.05) is 24.1 Å². The van der Waals surface area contributed by atoms with Gasteiger partial charge in [-0.05, 0) is 85.5 Å². The summed E-state index contributed by atoms with van der Waals surface area (Å²) in [6.07, 6.45) is 13.4. The zero-order valence-electron chi connectivity index (χ0n) is 18.7. The molecule has 0 radical (unpaired) electrons. The molecule has 1 aromatic rings. The largest absolute Gasteiger partial charge is 0.338 e. The summed E-state index contributed by atoms with van der Waals surface area (Å²) in [6.45, 7) is 4.85. The van der Waals surface area contributed by atoms with Crippen molar-refractivity contribution in [3.63, 3.8) is 0 Å². The van der Waals surface area contributed by atoms with Crippen molar-refractivity contribution in [2.75, 3.05) is 7.05 Å². The highest BCUT2D eigenvalue weighted by Gasteiger charge is 2.59. The van der Waals surface area contributed by atoms with Crippen LogP contribution in [0.25, 0.3) is 6.08 Å². The van der Waals surface area contributed by atoms with Gasteiger partial charge in [0, 0.05) is 30.6 Å². The highest BCUT2D eigenvalue weighted by molar-refractivity contribution is 5.89. The van der Waals surface area contributed by atoms with Gasteiger partial charge in [0.2, 0.25) is 5.91 Å². The molecular weight excluding hydrogens is 388 g/mol. The highest BCUT2D eigenvalue weighted by Crippen LogP contribution is 2.65. The topological polar surface area (TPSA) is 63.5 Å². The van der Waals surface area contributed by atoms with E-state index in [0.29, 0.717) is 23.8 Å². The molecule has 1 aliphatic heterocycles. The molecule has 0 N–H and O–H groups in total. The van der Waals surface area contributed by atoms with Gasteiger partial charge >= 0.3 is 0 Å². The first-order valence-electron chi connectivity index (χ1n) is 11.7. The lowest BCUT2D eigenvalue weighted by Crippen LogP contribution is -2.59. The Morgan fingerprint density at radius 2 is 1.84 bits per heavy atom. The zero-order valence-corrected chi connectivity index (χ0v) is 18.7. The van der Waals surface area contributed by atoms with Crippen molar-refractivity contribution in [2.24, 2.45) is 28.6 Å². The molecule has 0 spiro atoms. The summed E-state index contributed by atoms with van der Waals surface area (Å²) in [5.74, 6) is 2.17. The molecule has 4 aliphatic rings. The third kappa shape index (κ3) is 3.00. The average molecular weight is 421 g/mol. The minimum Gasteiger partial charge on any atom is -0.338 e. The summed E-state index contributed by atoms with van der Waals surface area (Å²) >= 11 is 0. The Hall–Kier alpha value is -2.43. The molecule has 0 aromatic heterocycles. The molecule has 5 nitrogen and oxygen atoms in total. The maximum absolute atomic E-state index is 12.3. The number of benzene rings is 1. The average Bonchev–Trinajstić information content (AvgIpc) is 3.08. The number of non-ortho nitro benzene ring substituents is 1. The second-order valence-corrected chi connectivity index (χ2v) is 10.6. The molecule has 6 atom stereocenters. The highest BCUT2D eigenvalue weighted by atomic mass is 16.6. The molecule has 3 aliphatic carbocycles. The van der Waals surface area contributed by atoms with Crippen LogP contribution < -0.4 is 0 Å². The number of allylic oxidation sites excluding steroid dienone is 1. The van der Waals surface area contributed by atoms with Crippen LogP contribution in [0.5, 0.6) is 0 Å². The number of nitrogens with zero attached hydrogens (tertiary/aromatic N) is 2.